The predicted molar refractivity (Wildman–Crippen MR) is 74.1 cm³/mol. The van der Waals surface area contributed by atoms with Crippen molar-refractivity contribution in [2.75, 3.05) is 13.6 Å². The van der Waals surface area contributed by atoms with Crippen LogP contribution in [0.5, 0.6) is 0 Å². The van der Waals surface area contributed by atoms with Crippen LogP contribution in [0.4, 0.5) is 0 Å². The molecule has 0 aromatic carbocycles. The molecule has 2 aliphatic carbocycles. The standard InChI is InChI=1S/C15H28N2O/c1-17(10-9-12-7-8-12)15(18)14(16)11-13-5-3-2-4-6-13/h12-14H,2-11,16H2,1H3. The number of nitrogens with zero attached hydrogens (tertiary/aromatic N) is 1. The van der Waals surface area contributed by atoms with E-state index >= 15 is 0 Å². The molecule has 2 rings (SSSR count). The molecule has 2 N–H and O–H groups in total. The predicted octanol–water partition coefficient (Wildman–Crippen LogP) is 2.54. The Morgan fingerprint density at radius 3 is 2.44 bits per heavy atom. The fourth-order valence-corrected chi connectivity index (χ4v) is 3.06. The summed E-state index contributed by atoms with van der Waals surface area (Å²) in [6.07, 6.45) is 11.3. The number of hydrogen-bond donors (Lipinski definition) is 1. The van der Waals surface area contributed by atoms with Crippen LogP contribution in [-0.2, 0) is 4.79 Å². The molecular formula is C15H28N2O. The zero-order chi connectivity index (χ0) is 13.0. The Bertz CT molecular complexity index is 270. The van der Waals surface area contributed by atoms with Gasteiger partial charge in [0.2, 0.25) is 5.91 Å². The molecule has 0 spiro atoms. The molecule has 0 aromatic rings. The van der Waals surface area contributed by atoms with E-state index in [9.17, 15) is 4.79 Å². The summed E-state index contributed by atoms with van der Waals surface area (Å²) in [6, 6.07) is -0.266. The molecule has 2 aliphatic rings. The van der Waals surface area contributed by atoms with E-state index < -0.39 is 0 Å². The second-order valence-electron chi connectivity index (χ2n) is 6.34. The quantitative estimate of drug-likeness (QED) is 0.789. The minimum atomic E-state index is -0.266. The molecule has 2 fully saturated rings. The minimum Gasteiger partial charge on any atom is -0.344 e. The van der Waals surface area contributed by atoms with Gasteiger partial charge in [0.15, 0.2) is 0 Å². The number of hydrogen-bond acceptors (Lipinski definition) is 2. The maximum absolute atomic E-state index is 12.2. The summed E-state index contributed by atoms with van der Waals surface area (Å²) in [5, 5.41) is 0. The molecule has 1 atom stereocenters. The first-order chi connectivity index (χ1) is 8.66. The van der Waals surface area contributed by atoms with Crippen molar-refractivity contribution in [3.63, 3.8) is 0 Å². The number of likely N-dealkylation sites (N-methyl/N-ethyl adjacent to an activating group) is 1. The van der Waals surface area contributed by atoms with Gasteiger partial charge in [0.1, 0.15) is 0 Å². The van der Waals surface area contributed by atoms with Crippen molar-refractivity contribution in [2.45, 2.75) is 63.8 Å². The van der Waals surface area contributed by atoms with Crippen LogP contribution in [0.2, 0.25) is 0 Å². The van der Waals surface area contributed by atoms with Crippen LogP contribution in [0.25, 0.3) is 0 Å². The summed E-state index contributed by atoms with van der Waals surface area (Å²) in [4.78, 5) is 14.0. The van der Waals surface area contributed by atoms with Gasteiger partial charge in [-0.2, -0.15) is 0 Å². The van der Waals surface area contributed by atoms with Crippen molar-refractivity contribution in [3.8, 4) is 0 Å². The molecule has 0 bridgehead atoms. The number of rotatable bonds is 6. The highest BCUT2D eigenvalue weighted by molar-refractivity contribution is 5.81. The van der Waals surface area contributed by atoms with Gasteiger partial charge in [0.25, 0.3) is 0 Å². The zero-order valence-corrected chi connectivity index (χ0v) is 11.7. The van der Waals surface area contributed by atoms with Crippen LogP contribution in [0, 0.1) is 11.8 Å². The van der Waals surface area contributed by atoms with Gasteiger partial charge >= 0.3 is 0 Å². The van der Waals surface area contributed by atoms with Crippen LogP contribution >= 0.6 is 0 Å². The second-order valence-corrected chi connectivity index (χ2v) is 6.34. The zero-order valence-electron chi connectivity index (χ0n) is 11.7. The molecule has 3 nitrogen and oxygen atoms in total. The van der Waals surface area contributed by atoms with E-state index in [2.05, 4.69) is 0 Å². The lowest BCUT2D eigenvalue weighted by Gasteiger charge is -2.26. The molecule has 0 heterocycles. The van der Waals surface area contributed by atoms with Crippen molar-refractivity contribution >= 4 is 5.91 Å². The Balaban J connectivity index is 1.68. The number of amides is 1. The van der Waals surface area contributed by atoms with Gasteiger partial charge in [0.05, 0.1) is 6.04 Å². The van der Waals surface area contributed by atoms with Gasteiger partial charge in [0, 0.05) is 13.6 Å². The molecule has 0 radical (unpaired) electrons. The highest BCUT2D eigenvalue weighted by atomic mass is 16.2. The lowest BCUT2D eigenvalue weighted by molar-refractivity contribution is -0.131. The molecule has 18 heavy (non-hydrogen) atoms. The van der Waals surface area contributed by atoms with Gasteiger partial charge in [-0.25, -0.2) is 0 Å². The van der Waals surface area contributed by atoms with Crippen LogP contribution < -0.4 is 5.73 Å². The molecule has 0 aromatic heterocycles. The number of carbonyl (C=O) groups is 1. The van der Waals surface area contributed by atoms with Crippen molar-refractivity contribution in [3.05, 3.63) is 0 Å². The van der Waals surface area contributed by atoms with E-state index in [1.54, 1.807) is 0 Å². The summed E-state index contributed by atoms with van der Waals surface area (Å²) in [5.41, 5.74) is 6.08. The Kier molecular flexibility index (Phi) is 5.04. The van der Waals surface area contributed by atoms with Crippen molar-refractivity contribution in [1.82, 2.24) is 4.90 Å². The topological polar surface area (TPSA) is 46.3 Å². The molecule has 2 saturated carbocycles. The van der Waals surface area contributed by atoms with Crippen molar-refractivity contribution < 1.29 is 4.79 Å². The SMILES string of the molecule is CN(CCC1CC1)C(=O)C(N)CC1CCCCC1. The van der Waals surface area contributed by atoms with Gasteiger partial charge in [-0.15, -0.1) is 0 Å². The fourth-order valence-electron chi connectivity index (χ4n) is 3.06. The van der Waals surface area contributed by atoms with Gasteiger partial charge in [-0.05, 0) is 24.7 Å². The van der Waals surface area contributed by atoms with E-state index in [4.69, 9.17) is 5.73 Å². The Morgan fingerprint density at radius 2 is 1.83 bits per heavy atom. The summed E-state index contributed by atoms with van der Waals surface area (Å²) in [5.74, 6) is 1.73. The first-order valence-electron chi connectivity index (χ1n) is 7.67. The lowest BCUT2D eigenvalue weighted by Crippen LogP contribution is -2.43. The van der Waals surface area contributed by atoms with Gasteiger partial charge in [-0.1, -0.05) is 44.9 Å². The summed E-state index contributed by atoms with van der Waals surface area (Å²) in [7, 11) is 1.91. The fraction of sp³-hybridized carbons (Fsp3) is 0.933. The van der Waals surface area contributed by atoms with Crippen molar-refractivity contribution in [1.29, 1.82) is 0 Å². The normalized spacial score (nSPS) is 22.8. The minimum absolute atomic E-state index is 0.154. The second kappa shape index (κ2) is 6.55. The van der Waals surface area contributed by atoms with E-state index in [1.165, 1.54) is 51.4 Å². The third-order valence-corrected chi connectivity index (χ3v) is 4.58. The first kappa shape index (κ1) is 13.9. The van der Waals surface area contributed by atoms with Crippen LogP contribution in [0.3, 0.4) is 0 Å². The average molecular weight is 252 g/mol. The highest BCUT2D eigenvalue weighted by Gasteiger charge is 2.25. The third-order valence-electron chi connectivity index (χ3n) is 4.58. The Morgan fingerprint density at radius 1 is 1.17 bits per heavy atom. The van der Waals surface area contributed by atoms with E-state index in [1.807, 2.05) is 11.9 Å². The van der Waals surface area contributed by atoms with Gasteiger partial charge < -0.3 is 10.6 Å². The lowest BCUT2D eigenvalue weighted by atomic mass is 9.85. The molecule has 0 saturated heterocycles. The van der Waals surface area contributed by atoms with Crippen LogP contribution in [0.1, 0.15) is 57.8 Å². The molecule has 1 amide bonds. The highest BCUT2D eigenvalue weighted by Crippen LogP contribution is 2.32. The van der Waals surface area contributed by atoms with Gasteiger partial charge in [-0.3, -0.25) is 4.79 Å². The number of nitrogens with two attached hydrogens (primary N) is 1. The summed E-state index contributed by atoms with van der Waals surface area (Å²) >= 11 is 0. The van der Waals surface area contributed by atoms with Crippen LogP contribution in [0.15, 0.2) is 0 Å². The van der Waals surface area contributed by atoms with Crippen LogP contribution in [-0.4, -0.2) is 30.4 Å². The van der Waals surface area contributed by atoms with E-state index in [0.29, 0.717) is 5.92 Å². The third kappa shape index (κ3) is 4.27. The van der Waals surface area contributed by atoms with Crippen molar-refractivity contribution in [2.24, 2.45) is 17.6 Å². The smallest absolute Gasteiger partial charge is 0.239 e. The largest absolute Gasteiger partial charge is 0.344 e. The summed E-state index contributed by atoms with van der Waals surface area (Å²) < 4.78 is 0. The maximum atomic E-state index is 12.2. The number of carbonyl (C=O) groups excluding carboxylic acids is 1. The van der Waals surface area contributed by atoms with E-state index in [0.717, 1.165) is 18.9 Å². The molecule has 104 valence electrons. The Hall–Kier alpha value is -0.570. The summed E-state index contributed by atoms with van der Waals surface area (Å²) in [6.45, 7) is 0.891. The first-order valence-corrected chi connectivity index (χ1v) is 7.67. The Labute approximate surface area is 111 Å². The van der Waals surface area contributed by atoms with E-state index in [-0.39, 0.29) is 11.9 Å². The molecular weight excluding hydrogens is 224 g/mol. The molecule has 1 unspecified atom stereocenters. The molecule has 3 heteroatoms. The average Bonchev–Trinajstić information content (AvgIpc) is 3.20. The monoisotopic (exact) mass is 252 g/mol. The maximum Gasteiger partial charge on any atom is 0.239 e. The molecule has 0 aliphatic heterocycles.